The number of nitrogens with two attached hydrogens (primary N) is 1. The molecule has 126 valence electrons. The smallest absolute Gasteiger partial charge is 0.262 e. The second-order valence-electron chi connectivity index (χ2n) is 6.75. The minimum absolute atomic E-state index is 0.149. The molecule has 0 aliphatic carbocycles. The summed E-state index contributed by atoms with van der Waals surface area (Å²) in [5.74, 6) is 0.214. The maximum Gasteiger partial charge on any atom is 0.262 e. The van der Waals surface area contributed by atoms with Crippen molar-refractivity contribution >= 4 is 16.7 Å². The van der Waals surface area contributed by atoms with Crippen molar-refractivity contribution in [3.8, 4) is 5.75 Å². The lowest BCUT2D eigenvalue weighted by molar-refractivity contribution is -0.137. The van der Waals surface area contributed by atoms with Crippen molar-refractivity contribution < 1.29 is 9.53 Å². The Balaban J connectivity index is 1.83. The van der Waals surface area contributed by atoms with Gasteiger partial charge in [-0.1, -0.05) is 67.6 Å². The topological polar surface area (TPSA) is 52.3 Å². The average Bonchev–Trinajstić information content (AvgIpc) is 2.66. The third kappa shape index (κ3) is 2.47. The van der Waals surface area contributed by atoms with Crippen molar-refractivity contribution in [2.45, 2.75) is 31.3 Å². The lowest BCUT2D eigenvalue weighted by atomic mass is 9.76. The van der Waals surface area contributed by atoms with Crippen LogP contribution in [-0.4, -0.2) is 11.5 Å². The summed E-state index contributed by atoms with van der Waals surface area (Å²) < 4.78 is 6.27. The number of primary amides is 1. The SMILES string of the molecule is C[C@H](c1cccc2ccccc12)C1(C(N)=O)CCc2ccccc2O1. The molecule has 3 aromatic carbocycles. The van der Waals surface area contributed by atoms with Crippen LogP contribution in [0.2, 0.25) is 0 Å². The van der Waals surface area contributed by atoms with Gasteiger partial charge < -0.3 is 10.5 Å². The van der Waals surface area contributed by atoms with E-state index in [1.807, 2.05) is 49.4 Å². The molecule has 2 atom stereocenters. The standard InChI is InChI=1S/C22H21NO2/c1-15(18-11-6-9-16-7-2-4-10-19(16)18)22(21(23)24)14-13-17-8-3-5-12-20(17)25-22/h2-12,15H,13-14H2,1H3,(H2,23,24)/t15-,22?/m1/s1. The minimum atomic E-state index is -1.03. The molecule has 25 heavy (non-hydrogen) atoms. The molecule has 1 aliphatic heterocycles. The summed E-state index contributed by atoms with van der Waals surface area (Å²) >= 11 is 0. The van der Waals surface area contributed by atoms with E-state index in [-0.39, 0.29) is 5.92 Å². The first-order valence-electron chi connectivity index (χ1n) is 8.66. The van der Waals surface area contributed by atoms with Gasteiger partial charge in [-0.3, -0.25) is 4.79 Å². The van der Waals surface area contributed by atoms with E-state index < -0.39 is 11.5 Å². The van der Waals surface area contributed by atoms with Gasteiger partial charge in [0.2, 0.25) is 0 Å². The number of carbonyl (C=O) groups is 1. The third-order valence-corrected chi connectivity index (χ3v) is 5.44. The fourth-order valence-electron chi connectivity index (χ4n) is 3.95. The number of amides is 1. The highest BCUT2D eigenvalue weighted by Gasteiger charge is 2.47. The second-order valence-corrected chi connectivity index (χ2v) is 6.75. The molecule has 1 unspecified atom stereocenters. The third-order valence-electron chi connectivity index (χ3n) is 5.44. The highest BCUT2D eigenvalue weighted by Crippen LogP contribution is 2.43. The first-order valence-corrected chi connectivity index (χ1v) is 8.66. The van der Waals surface area contributed by atoms with Crippen LogP contribution in [-0.2, 0) is 11.2 Å². The van der Waals surface area contributed by atoms with E-state index in [0.717, 1.165) is 34.1 Å². The van der Waals surface area contributed by atoms with Crippen LogP contribution in [0.4, 0.5) is 0 Å². The summed E-state index contributed by atoms with van der Waals surface area (Å²) in [7, 11) is 0. The first kappa shape index (κ1) is 15.7. The number of fused-ring (bicyclic) bond motifs is 2. The number of aryl methyl sites for hydroxylation is 1. The Morgan fingerprint density at radius 1 is 1.04 bits per heavy atom. The van der Waals surface area contributed by atoms with Crippen LogP contribution in [0, 0.1) is 0 Å². The molecule has 1 aliphatic rings. The van der Waals surface area contributed by atoms with Gasteiger partial charge in [0.15, 0.2) is 5.60 Å². The zero-order valence-electron chi connectivity index (χ0n) is 14.2. The van der Waals surface area contributed by atoms with E-state index in [9.17, 15) is 4.79 Å². The number of hydrogen-bond donors (Lipinski definition) is 1. The van der Waals surface area contributed by atoms with Crippen molar-refractivity contribution in [2.75, 3.05) is 0 Å². The van der Waals surface area contributed by atoms with Crippen molar-refractivity contribution in [1.29, 1.82) is 0 Å². The molecular formula is C22H21NO2. The summed E-state index contributed by atoms with van der Waals surface area (Å²) in [6.07, 6.45) is 1.37. The molecule has 0 bridgehead atoms. The fraction of sp³-hybridized carbons (Fsp3) is 0.227. The highest BCUT2D eigenvalue weighted by molar-refractivity contribution is 5.90. The van der Waals surface area contributed by atoms with E-state index in [1.165, 1.54) is 0 Å². The second kappa shape index (κ2) is 5.92. The molecular weight excluding hydrogens is 310 g/mol. The zero-order chi connectivity index (χ0) is 17.4. The van der Waals surface area contributed by atoms with E-state index in [0.29, 0.717) is 6.42 Å². The average molecular weight is 331 g/mol. The van der Waals surface area contributed by atoms with Crippen molar-refractivity contribution in [1.82, 2.24) is 0 Å². The van der Waals surface area contributed by atoms with Crippen LogP contribution in [0.3, 0.4) is 0 Å². The Bertz CT molecular complexity index is 944. The van der Waals surface area contributed by atoms with Crippen molar-refractivity contribution in [3.63, 3.8) is 0 Å². The van der Waals surface area contributed by atoms with Gasteiger partial charge >= 0.3 is 0 Å². The van der Waals surface area contributed by atoms with E-state index in [4.69, 9.17) is 10.5 Å². The largest absolute Gasteiger partial charge is 0.477 e. The van der Waals surface area contributed by atoms with Crippen LogP contribution < -0.4 is 10.5 Å². The Kier molecular flexibility index (Phi) is 3.72. The quantitative estimate of drug-likeness (QED) is 0.782. The van der Waals surface area contributed by atoms with E-state index in [1.54, 1.807) is 0 Å². The van der Waals surface area contributed by atoms with E-state index >= 15 is 0 Å². The Hall–Kier alpha value is -2.81. The fourth-order valence-corrected chi connectivity index (χ4v) is 3.95. The molecule has 0 fully saturated rings. The van der Waals surface area contributed by atoms with Crippen molar-refractivity contribution in [2.24, 2.45) is 5.73 Å². The van der Waals surface area contributed by atoms with Gasteiger partial charge in [-0.15, -0.1) is 0 Å². The molecule has 0 saturated heterocycles. The first-order chi connectivity index (χ1) is 12.1. The highest BCUT2D eigenvalue weighted by atomic mass is 16.5. The number of carbonyl (C=O) groups excluding carboxylic acids is 1. The summed E-state index contributed by atoms with van der Waals surface area (Å²) in [6.45, 7) is 2.04. The van der Waals surface area contributed by atoms with Crippen molar-refractivity contribution in [3.05, 3.63) is 77.9 Å². The molecule has 1 amide bonds. The molecule has 3 heteroatoms. The molecule has 0 radical (unpaired) electrons. The van der Waals surface area contributed by atoms with Gasteiger partial charge in [-0.05, 0) is 34.4 Å². The van der Waals surface area contributed by atoms with E-state index in [2.05, 4.69) is 24.3 Å². The number of hydrogen-bond acceptors (Lipinski definition) is 2. The normalized spacial score (nSPS) is 20.5. The maximum atomic E-state index is 12.5. The zero-order valence-corrected chi connectivity index (χ0v) is 14.2. The Morgan fingerprint density at radius 3 is 2.60 bits per heavy atom. The Morgan fingerprint density at radius 2 is 1.76 bits per heavy atom. The summed E-state index contributed by atoms with van der Waals surface area (Å²) in [5, 5.41) is 2.29. The van der Waals surface area contributed by atoms with Crippen LogP contribution in [0.1, 0.15) is 30.4 Å². The van der Waals surface area contributed by atoms with Crippen LogP contribution in [0.15, 0.2) is 66.7 Å². The minimum Gasteiger partial charge on any atom is -0.477 e. The van der Waals surface area contributed by atoms with Crippen LogP contribution in [0.5, 0.6) is 5.75 Å². The predicted octanol–water partition coefficient (Wildman–Crippen LogP) is 4.19. The Labute approximate surface area is 147 Å². The molecule has 3 aromatic rings. The summed E-state index contributed by atoms with van der Waals surface area (Å²) in [4.78, 5) is 12.5. The number of benzene rings is 3. The monoisotopic (exact) mass is 331 g/mol. The molecule has 2 N–H and O–H groups in total. The lowest BCUT2D eigenvalue weighted by Crippen LogP contribution is -2.54. The van der Waals surface area contributed by atoms with Gasteiger partial charge in [0.1, 0.15) is 5.75 Å². The van der Waals surface area contributed by atoms with Gasteiger partial charge in [-0.25, -0.2) is 0 Å². The molecule has 1 heterocycles. The van der Waals surface area contributed by atoms with Gasteiger partial charge in [0.25, 0.3) is 5.91 Å². The van der Waals surface area contributed by atoms with Gasteiger partial charge in [0.05, 0.1) is 0 Å². The van der Waals surface area contributed by atoms with Gasteiger partial charge in [-0.2, -0.15) is 0 Å². The number of ether oxygens (including phenoxy) is 1. The molecule has 3 nitrogen and oxygen atoms in total. The van der Waals surface area contributed by atoms with Crippen LogP contribution >= 0.6 is 0 Å². The molecule has 0 spiro atoms. The predicted molar refractivity (Wildman–Crippen MR) is 99.7 cm³/mol. The van der Waals surface area contributed by atoms with Gasteiger partial charge in [0, 0.05) is 12.3 Å². The summed E-state index contributed by atoms with van der Waals surface area (Å²) in [5.41, 5.74) is 7.07. The molecule has 0 aromatic heterocycles. The number of para-hydroxylation sites is 1. The summed E-state index contributed by atoms with van der Waals surface area (Å²) in [6, 6.07) is 22.3. The number of rotatable bonds is 3. The van der Waals surface area contributed by atoms with Crippen LogP contribution in [0.25, 0.3) is 10.8 Å². The lowest BCUT2D eigenvalue weighted by Gasteiger charge is -2.41. The molecule has 4 rings (SSSR count). The maximum absolute atomic E-state index is 12.5. The molecule has 0 saturated carbocycles.